The highest BCUT2D eigenvalue weighted by Crippen LogP contribution is 2.13. The summed E-state index contributed by atoms with van der Waals surface area (Å²) in [5.41, 5.74) is 1.11. The van der Waals surface area contributed by atoms with Gasteiger partial charge in [-0.05, 0) is 13.3 Å². The van der Waals surface area contributed by atoms with Crippen LogP contribution in [0.1, 0.15) is 17.1 Å². The van der Waals surface area contributed by atoms with E-state index in [-0.39, 0.29) is 0 Å². The fourth-order valence-corrected chi connectivity index (χ4v) is 2.48. The molecule has 0 saturated heterocycles. The van der Waals surface area contributed by atoms with Gasteiger partial charge in [0.15, 0.2) is 0 Å². The van der Waals surface area contributed by atoms with Gasteiger partial charge in [0.2, 0.25) is 0 Å². The van der Waals surface area contributed by atoms with Gasteiger partial charge in [0, 0.05) is 44.2 Å². The molecule has 2 rings (SSSR count). The van der Waals surface area contributed by atoms with Crippen LogP contribution < -0.4 is 10.2 Å². The van der Waals surface area contributed by atoms with Crippen molar-refractivity contribution in [3.8, 4) is 0 Å². The van der Waals surface area contributed by atoms with Gasteiger partial charge in [-0.15, -0.1) is 11.3 Å². The second kappa shape index (κ2) is 6.47. The van der Waals surface area contributed by atoms with Gasteiger partial charge in [-0.1, -0.05) is 0 Å². The lowest BCUT2D eigenvalue weighted by Crippen LogP contribution is -2.12. The summed E-state index contributed by atoms with van der Waals surface area (Å²) in [4.78, 5) is 14.8. The predicted octanol–water partition coefficient (Wildman–Crippen LogP) is 2.35. The lowest BCUT2D eigenvalue weighted by molar-refractivity contribution is 0.846. The van der Waals surface area contributed by atoms with Gasteiger partial charge in [0.05, 0.1) is 5.01 Å². The molecule has 2 aromatic heterocycles. The number of rotatable bonds is 6. The van der Waals surface area contributed by atoms with Crippen molar-refractivity contribution in [3.63, 3.8) is 0 Å². The smallest absolute Gasteiger partial charge is 0.133 e. The third kappa shape index (κ3) is 4.17. The third-order valence-corrected chi connectivity index (χ3v) is 3.68. The largest absolute Gasteiger partial charge is 0.370 e. The van der Waals surface area contributed by atoms with Crippen molar-refractivity contribution in [1.29, 1.82) is 0 Å². The zero-order valence-corrected chi connectivity index (χ0v) is 12.4. The zero-order chi connectivity index (χ0) is 13.7. The Morgan fingerprint density at radius 2 is 2.16 bits per heavy atom. The minimum Gasteiger partial charge on any atom is -0.370 e. The molecule has 0 atom stereocenters. The molecule has 1 N–H and O–H groups in total. The monoisotopic (exact) mass is 277 g/mol. The summed E-state index contributed by atoms with van der Waals surface area (Å²) >= 11 is 1.73. The van der Waals surface area contributed by atoms with Gasteiger partial charge in [-0.25, -0.2) is 15.0 Å². The Morgan fingerprint density at radius 3 is 2.84 bits per heavy atom. The van der Waals surface area contributed by atoms with Gasteiger partial charge in [-0.2, -0.15) is 0 Å². The van der Waals surface area contributed by atoms with Crippen molar-refractivity contribution >= 4 is 23.0 Å². The number of hydrogen-bond acceptors (Lipinski definition) is 6. The van der Waals surface area contributed by atoms with Crippen LogP contribution in [0.3, 0.4) is 0 Å². The highest BCUT2D eigenvalue weighted by Gasteiger charge is 2.01. The van der Waals surface area contributed by atoms with Crippen molar-refractivity contribution in [2.45, 2.75) is 19.8 Å². The average molecular weight is 277 g/mol. The molecule has 0 radical (unpaired) electrons. The molecule has 0 aliphatic carbocycles. The summed E-state index contributed by atoms with van der Waals surface area (Å²) < 4.78 is 0. The first kappa shape index (κ1) is 13.7. The molecule has 0 unspecified atom stereocenters. The number of nitrogens with zero attached hydrogens (tertiary/aromatic N) is 4. The van der Waals surface area contributed by atoms with Crippen LogP contribution in [0.4, 0.5) is 11.6 Å². The first-order valence-electron chi connectivity index (χ1n) is 6.29. The van der Waals surface area contributed by atoms with Crippen LogP contribution in [-0.4, -0.2) is 35.6 Å². The maximum absolute atomic E-state index is 4.45. The zero-order valence-electron chi connectivity index (χ0n) is 11.6. The summed E-state index contributed by atoms with van der Waals surface area (Å²) in [5, 5.41) is 6.61. The minimum atomic E-state index is 0.869. The summed E-state index contributed by atoms with van der Waals surface area (Å²) in [6, 6.07) is 1.95. The highest BCUT2D eigenvalue weighted by molar-refractivity contribution is 7.09. The van der Waals surface area contributed by atoms with Crippen LogP contribution in [0.5, 0.6) is 0 Å². The van der Waals surface area contributed by atoms with Crippen LogP contribution in [0.15, 0.2) is 17.8 Å². The van der Waals surface area contributed by atoms with Crippen molar-refractivity contribution < 1.29 is 0 Å². The maximum Gasteiger partial charge on any atom is 0.133 e. The van der Waals surface area contributed by atoms with Crippen LogP contribution in [0, 0.1) is 6.92 Å². The Bertz CT molecular complexity index is 523. The molecule has 0 bridgehead atoms. The normalized spacial score (nSPS) is 10.5. The Balaban J connectivity index is 1.78. The molecule has 0 spiro atoms. The number of nitrogens with one attached hydrogen (secondary N) is 1. The van der Waals surface area contributed by atoms with E-state index in [2.05, 4.69) is 25.6 Å². The summed E-state index contributed by atoms with van der Waals surface area (Å²) in [7, 11) is 3.94. The van der Waals surface area contributed by atoms with Gasteiger partial charge < -0.3 is 10.2 Å². The predicted molar refractivity (Wildman–Crippen MR) is 80.0 cm³/mol. The molecule has 0 saturated carbocycles. The second-order valence-corrected chi connectivity index (χ2v) is 5.51. The molecule has 0 aromatic carbocycles. The second-order valence-electron chi connectivity index (χ2n) is 4.57. The fraction of sp³-hybridized carbons (Fsp3) is 0.462. The van der Waals surface area contributed by atoms with Crippen molar-refractivity contribution in [1.82, 2.24) is 15.0 Å². The quantitative estimate of drug-likeness (QED) is 0.821. The topological polar surface area (TPSA) is 53.9 Å². The van der Waals surface area contributed by atoms with E-state index >= 15 is 0 Å². The Hall–Kier alpha value is -1.69. The molecule has 0 fully saturated rings. The standard InChI is InChI=1S/C13H19N5S/c1-10-8-19-13(17-10)5-4-6-14-11-7-12(18(2)3)16-9-15-11/h7-9H,4-6H2,1-3H3,(H,14,15,16). The molecule has 0 amide bonds. The molecule has 19 heavy (non-hydrogen) atoms. The molecule has 2 aromatic rings. The first-order chi connectivity index (χ1) is 9.15. The molecule has 5 nitrogen and oxygen atoms in total. The van der Waals surface area contributed by atoms with Crippen molar-refractivity contribution in [2.75, 3.05) is 30.9 Å². The number of aryl methyl sites for hydroxylation is 2. The molecule has 2 heterocycles. The number of hydrogen-bond donors (Lipinski definition) is 1. The minimum absolute atomic E-state index is 0.869. The summed E-state index contributed by atoms with van der Waals surface area (Å²) in [5.74, 6) is 1.78. The Labute approximate surface area is 117 Å². The number of anilines is 2. The van der Waals surface area contributed by atoms with E-state index in [4.69, 9.17) is 0 Å². The van der Waals surface area contributed by atoms with Gasteiger partial charge in [0.1, 0.15) is 18.0 Å². The first-order valence-corrected chi connectivity index (χ1v) is 7.17. The van der Waals surface area contributed by atoms with Gasteiger partial charge >= 0.3 is 0 Å². The van der Waals surface area contributed by atoms with Crippen LogP contribution in [-0.2, 0) is 6.42 Å². The van der Waals surface area contributed by atoms with E-state index in [1.807, 2.05) is 32.0 Å². The Kier molecular flexibility index (Phi) is 4.68. The van der Waals surface area contributed by atoms with Crippen molar-refractivity contribution in [2.24, 2.45) is 0 Å². The van der Waals surface area contributed by atoms with E-state index in [1.54, 1.807) is 17.7 Å². The SMILES string of the molecule is Cc1csc(CCCNc2cc(N(C)C)ncn2)n1. The third-order valence-electron chi connectivity index (χ3n) is 2.65. The molecule has 6 heteroatoms. The average Bonchev–Trinajstić information content (AvgIpc) is 2.81. The Morgan fingerprint density at radius 1 is 1.32 bits per heavy atom. The highest BCUT2D eigenvalue weighted by atomic mass is 32.1. The maximum atomic E-state index is 4.45. The number of thiazole rings is 1. The molecule has 0 aliphatic rings. The molecule has 102 valence electrons. The van der Waals surface area contributed by atoms with Crippen molar-refractivity contribution in [3.05, 3.63) is 28.5 Å². The van der Waals surface area contributed by atoms with E-state index < -0.39 is 0 Å². The fourth-order valence-electron chi connectivity index (χ4n) is 1.66. The van der Waals surface area contributed by atoms with Crippen LogP contribution in [0.2, 0.25) is 0 Å². The lowest BCUT2D eigenvalue weighted by Gasteiger charge is -2.12. The van der Waals surface area contributed by atoms with E-state index in [1.165, 1.54) is 5.01 Å². The van der Waals surface area contributed by atoms with E-state index in [9.17, 15) is 0 Å². The molecular weight excluding hydrogens is 258 g/mol. The molecular formula is C13H19N5S. The van der Waals surface area contributed by atoms with Crippen LogP contribution in [0.25, 0.3) is 0 Å². The molecule has 0 aliphatic heterocycles. The number of aromatic nitrogens is 3. The van der Waals surface area contributed by atoms with Crippen LogP contribution >= 0.6 is 11.3 Å². The van der Waals surface area contributed by atoms with Gasteiger partial charge in [0.25, 0.3) is 0 Å². The summed E-state index contributed by atoms with van der Waals surface area (Å²) in [6.07, 6.45) is 3.65. The van der Waals surface area contributed by atoms with Gasteiger partial charge in [-0.3, -0.25) is 0 Å². The van der Waals surface area contributed by atoms with E-state index in [0.29, 0.717) is 0 Å². The lowest BCUT2D eigenvalue weighted by atomic mass is 10.3. The summed E-state index contributed by atoms with van der Waals surface area (Å²) in [6.45, 7) is 2.92. The van der Waals surface area contributed by atoms with E-state index in [0.717, 1.165) is 36.7 Å².